The average Bonchev–Trinajstić information content (AvgIpc) is 2.54. The van der Waals surface area contributed by atoms with Crippen molar-refractivity contribution in [2.75, 3.05) is 6.61 Å². The summed E-state index contributed by atoms with van der Waals surface area (Å²) in [6.07, 6.45) is -18.9. The number of hydrogen-bond donors (Lipinski definition) is 9. The maximum atomic E-state index is 9.85. The lowest BCUT2D eigenvalue weighted by Crippen LogP contribution is -2.67. The molecule has 1 aliphatic heterocycles. The van der Waals surface area contributed by atoms with Gasteiger partial charge >= 0.3 is 0 Å². The molecule has 0 aromatic rings. The van der Waals surface area contributed by atoms with E-state index >= 15 is 0 Å². The molecule has 23 heavy (non-hydrogen) atoms. The van der Waals surface area contributed by atoms with Crippen molar-refractivity contribution in [3.8, 4) is 0 Å². The van der Waals surface area contributed by atoms with Crippen LogP contribution >= 0.6 is 0 Å². The third-order valence-electron chi connectivity index (χ3n) is 4.21. The maximum absolute atomic E-state index is 9.85. The van der Waals surface area contributed by atoms with E-state index in [1.807, 2.05) is 0 Å². The molecule has 0 bridgehead atoms. The van der Waals surface area contributed by atoms with Crippen LogP contribution in [0.25, 0.3) is 0 Å². The Morgan fingerprint density at radius 1 is 0.609 bits per heavy atom. The van der Waals surface area contributed by atoms with Crippen LogP contribution < -0.4 is 0 Å². The minimum absolute atomic E-state index is 0.704. The maximum Gasteiger partial charge on any atom is 0.187 e. The lowest BCUT2D eigenvalue weighted by molar-refractivity contribution is -0.339. The molecule has 2 aliphatic rings. The Morgan fingerprint density at radius 2 is 1.04 bits per heavy atom. The molecular weight excluding hydrogens is 320 g/mol. The Labute approximate surface area is 130 Å². The minimum atomic E-state index is -1.83. The number of aliphatic hydroxyl groups is 9. The predicted octanol–water partition coefficient (Wildman–Crippen LogP) is -6.01. The third-order valence-corrected chi connectivity index (χ3v) is 4.21. The van der Waals surface area contributed by atoms with Crippen molar-refractivity contribution >= 4 is 0 Å². The number of rotatable bonds is 3. The second kappa shape index (κ2) is 7.21. The lowest BCUT2D eigenvalue weighted by Gasteiger charge is -2.45. The molecule has 0 spiro atoms. The number of ether oxygens (including phenoxy) is 2. The highest BCUT2D eigenvalue weighted by molar-refractivity contribution is 5.00. The predicted molar refractivity (Wildman–Crippen MR) is 68.7 cm³/mol. The van der Waals surface area contributed by atoms with E-state index in [0.29, 0.717) is 0 Å². The van der Waals surface area contributed by atoms with Crippen molar-refractivity contribution in [1.29, 1.82) is 0 Å². The highest BCUT2D eigenvalue weighted by atomic mass is 16.7. The van der Waals surface area contributed by atoms with Crippen LogP contribution in [0.2, 0.25) is 0 Å². The van der Waals surface area contributed by atoms with E-state index in [-0.39, 0.29) is 0 Å². The Hall–Kier alpha value is -0.440. The average molecular weight is 342 g/mol. The summed E-state index contributed by atoms with van der Waals surface area (Å²) in [7, 11) is 0. The Morgan fingerprint density at radius 3 is 1.52 bits per heavy atom. The normalized spacial score (nSPS) is 54.9. The van der Waals surface area contributed by atoms with Gasteiger partial charge in [0.25, 0.3) is 0 Å². The molecule has 11 heteroatoms. The van der Waals surface area contributed by atoms with Gasteiger partial charge in [-0.05, 0) is 0 Å². The summed E-state index contributed by atoms with van der Waals surface area (Å²) < 4.78 is 10.2. The first-order valence-corrected chi connectivity index (χ1v) is 7.07. The van der Waals surface area contributed by atoms with Crippen LogP contribution in [0.3, 0.4) is 0 Å². The fourth-order valence-corrected chi connectivity index (χ4v) is 2.69. The summed E-state index contributed by atoms with van der Waals surface area (Å²) in [6, 6.07) is 0. The Kier molecular flexibility index (Phi) is 5.92. The van der Waals surface area contributed by atoms with Gasteiger partial charge in [-0.1, -0.05) is 0 Å². The Bertz CT molecular complexity index is 377. The minimum Gasteiger partial charge on any atom is -0.394 e. The molecule has 7 unspecified atom stereocenters. The van der Waals surface area contributed by atoms with Crippen molar-refractivity contribution in [3.63, 3.8) is 0 Å². The molecule has 0 aromatic carbocycles. The molecule has 1 heterocycles. The molecule has 11 atom stereocenters. The third kappa shape index (κ3) is 3.36. The lowest BCUT2D eigenvalue weighted by atomic mass is 9.84. The van der Waals surface area contributed by atoms with Gasteiger partial charge in [0.1, 0.15) is 61.0 Å². The van der Waals surface area contributed by atoms with Gasteiger partial charge in [-0.25, -0.2) is 0 Å². The molecule has 11 nitrogen and oxygen atoms in total. The van der Waals surface area contributed by atoms with E-state index in [9.17, 15) is 40.9 Å². The van der Waals surface area contributed by atoms with Gasteiger partial charge in [-0.15, -0.1) is 0 Å². The molecule has 2 fully saturated rings. The van der Waals surface area contributed by atoms with Gasteiger partial charge in [0.2, 0.25) is 0 Å². The summed E-state index contributed by atoms with van der Waals surface area (Å²) in [5.41, 5.74) is 0. The van der Waals surface area contributed by atoms with Crippen LogP contribution in [0.4, 0.5) is 0 Å². The van der Waals surface area contributed by atoms with E-state index in [2.05, 4.69) is 0 Å². The van der Waals surface area contributed by atoms with Gasteiger partial charge in [0.15, 0.2) is 6.29 Å². The van der Waals surface area contributed by atoms with Crippen molar-refractivity contribution in [3.05, 3.63) is 0 Å². The molecule has 1 saturated heterocycles. The molecule has 0 aromatic heterocycles. The fraction of sp³-hybridized carbons (Fsp3) is 1.00. The number of hydrogen-bond acceptors (Lipinski definition) is 11. The smallest absolute Gasteiger partial charge is 0.187 e. The van der Waals surface area contributed by atoms with Crippen LogP contribution in [0.15, 0.2) is 0 Å². The zero-order valence-electron chi connectivity index (χ0n) is 11.9. The highest BCUT2D eigenvalue weighted by Gasteiger charge is 2.52. The van der Waals surface area contributed by atoms with E-state index in [1.165, 1.54) is 0 Å². The van der Waals surface area contributed by atoms with E-state index < -0.39 is 73.9 Å². The fourth-order valence-electron chi connectivity index (χ4n) is 2.69. The van der Waals surface area contributed by atoms with E-state index in [0.717, 1.165) is 0 Å². The van der Waals surface area contributed by atoms with Gasteiger partial charge in [-0.2, -0.15) is 0 Å². The monoisotopic (exact) mass is 342 g/mol. The molecule has 9 N–H and O–H groups in total. The topological polar surface area (TPSA) is 201 Å². The van der Waals surface area contributed by atoms with Gasteiger partial charge < -0.3 is 55.4 Å². The molecule has 0 amide bonds. The SMILES string of the molecule is OCC1O[C@@H](OC2C(O)C(O)C(O)[C@@H](O)C2O)[C@@H](O)C(O)[C@H]1O. The standard InChI is InChI=1S/C12H22O11/c13-1-2-3(14)4(15)10(21)12(22-2)23-11-8(19)6(17)5(16)7(18)9(11)20/h2-21H,1H2/t2?,3-,4?,5?,6+,7?,8?,9?,10-,11?,12-/m0/s1. The first-order valence-electron chi connectivity index (χ1n) is 7.07. The van der Waals surface area contributed by atoms with E-state index in [4.69, 9.17) is 14.6 Å². The van der Waals surface area contributed by atoms with Crippen LogP contribution in [-0.2, 0) is 9.47 Å². The molecule has 1 saturated carbocycles. The first kappa shape index (κ1) is 18.9. The van der Waals surface area contributed by atoms with E-state index in [1.54, 1.807) is 0 Å². The summed E-state index contributed by atoms with van der Waals surface area (Å²) in [6.45, 7) is -0.704. The molecule has 2 rings (SSSR count). The summed E-state index contributed by atoms with van der Waals surface area (Å²) in [5, 5.41) is 86.6. The first-order chi connectivity index (χ1) is 10.7. The largest absolute Gasteiger partial charge is 0.394 e. The Balaban J connectivity index is 2.13. The van der Waals surface area contributed by atoms with Crippen molar-refractivity contribution in [2.24, 2.45) is 0 Å². The van der Waals surface area contributed by atoms with Gasteiger partial charge in [0.05, 0.1) is 6.61 Å². The summed E-state index contributed by atoms with van der Waals surface area (Å²) >= 11 is 0. The zero-order chi connectivity index (χ0) is 17.5. The highest BCUT2D eigenvalue weighted by Crippen LogP contribution is 2.29. The molecule has 1 aliphatic carbocycles. The van der Waals surface area contributed by atoms with Gasteiger partial charge in [0, 0.05) is 0 Å². The zero-order valence-corrected chi connectivity index (χ0v) is 11.9. The van der Waals surface area contributed by atoms with Crippen molar-refractivity contribution in [1.82, 2.24) is 0 Å². The van der Waals surface area contributed by atoms with Crippen LogP contribution in [0, 0.1) is 0 Å². The van der Waals surface area contributed by atoms with Gasteiger partial charge in [-0.3, -0.25) is 0 Å². The second-order valence-corrected chi connectivity index (χ2v) is 5.75. The van der Waals surface area contributed by atoms with Crippen LogP contribution in [0.5, 0.6) is 0 Å². The van der Waals surface area contributed by atoms with Crippen molar-refractivity contribution < 1.29 is 55.4 Å². The summed E-state index contributed by atoms with van der Waals surface area (Å²) in [4.78, 5) is 0. The summed E-state index contributed by atoms with van der Waals surface area (Å²) in [5.74, 6) is 0. The molecular formula is C12H22O11. The van der Waals surface area contributed by atoms with Crippen LogP contribution in [-0.4, -0.2) is 120 Å². The second-order valence-electron chi connectivity index (χ2n) is 5.75. The number of aliphatic hydroxyl groups excluding tert-OH is 9. The van der Waals surface area contributed by atoms with Crippen LogP contribution in [0.1, 0.15) is 0 Å². The quantitative estimate of drug-likeness (QED) is 0.236. The molecule has 136 valence electrons. The molecule has 0 radical (unpaired) electrons. The van der Waals surface area contributed by atoms with Crippen molar-refractivity contribution in [2.45, 2.75) is 67.3 Å².